The van der Waals surface area contributed by atoms with E-state index in [1.54, 1.807) is 0 Å². The highest BCUT2D eigenvalue weighted by Gasteiger charge is 2.04. The van der Waals surface area contributed by atoms with Crippen LogP contribution < -0.4 is 5.32 Å². The van der Waals surface area contributed by atoms with Gasteiger partial charge >= 0.3 is 0 Å². The van der Waals surface area contributed by atoms with Crippen molar-refractivity contribution in [1.29, 1.82) is 0 Å². The first-order valence-corrected chi connectivity index (χ1v) is 7.50. The van der Waals surface area contributed by atoms with Crippen molar-refractivity contribution < 1.29 is 0 Å². The smallest absolute Gasteiger partial charge is 0.0406 e. The monoisotopic (exact) mass is 282 g/mol. The number of hydrogen-bond donors (Lipinski definition) is 1. The number of aryl methyl sites for hydroxylation is 3. The lowest BCUT2D eigenvalue weighted by Gasteiger charge is -2.14. The third-order valence-corrected chi connectivity index (χ3v) is 3.76. The zero-order valence-electron chi connectivity index (χ0n) is 13.8. The normalized spacial score (nSPS) is 11.0. The molecule has 2 aromatic carbocycles. The van der Waals surface area contributed by atoms with Crippen molar-refractivity contribution in [2.45, 2.75) is 33.9 Å². The van der Waals surface area contributed by atoms with E-state index in [-0.39, 0.29) is 0 Å². The maximum Gasteiger partial charge on any atom is 0.0406 e. The number of benzene rings is 2. The zero-order chi connectivity index (χ0) is 15.4. The van der Waals surface area contributed by atoms with Crippen LogP contribution >= 0.6 is 0 Å². The minimum absolute atomic E-state index is 0.880. The van der Waals surface area contributed by atoms with Crippen LogP contribution in [0.25, 0.3) is 0 Å². The molecule has 2 heteroatoms. The van der Waals surface area contributed by atoms with Gasteiger partial charge in [-0.25, -0.2) is 0 Å². The average molecular weight is 282 g/mol. The van der Waals surface area contributed by atoms with E-state index in [9.17, 15) is 0 Å². The molecule has 0 aliphatic heterocycles. The molecule has 1 N–H and O–H groups in total. The fourth-order valence-electron chi connectivity index (χ4n) is 2.77. The Morgan fingerprint density at radius 2 is 1.48 bits per heavy atom. The summed E-state index contributed by atoms with van der Waals surface area (Å²) in [5.74, 6) is 0. The molecule has 0 atom stereocenters. The highest BCUT2D eigenvalue weighted by atomic mass is 15.0. The Kier molecular flexibility index (Phi) is 5.03. The molecular formula is C19H26N2. The quantitative estimate of drug-likeness (QED) is 0.880. The number of rotatable bonds is 5. The Labute approximate surface area is 128 Å². The molecule has 0 amide bonds. The number of nitrogens with one attached hydrogen (secondary N) is 1. The Morgan fingerprint density at radius 1 is 0.905 bits per heavy atom. The summed E-state index contributed by atoms with van der Waals surface area (Å²) < 4.78 is 0. The van der Waals surface area contributed by atoms with Crippen LogP contribution in [0, 0.1) is 20.8 Å². The molecule has 2 rings (SSSR count). The van der Waals surface area contributed by atoms with Gasteiger partial charge in [0.25, 0.3) is 0 Å². The van der Waals surface area contributed by atoms with E-state index in [0.29, 0.717) is 0 Å². The largest absolute Gasteiger partial charge is 0.381 e. The molecule has 0 heterocycles. The minimum atomic E-state index is 0.880. The fourth-order valence-corrected chi connectivity index (χ4v) is 2.77. The molecule has 0 aliphatic carbocycles. The molecule has 0 radical (unpaired) electrons. The van der Waals surface area contributed by atoms with Crippen LogP contribution in [-0.4, -0.2) is 19.0 Å². The van der Waals surface area contributed by atoms with Crippen LogP contribution in [0.5, 0.6) is 0 Å². The van der Waals surface area contributed by atoms with E-state index in [2.05, 4.69) is 81.5 Å². The number of anilines is 1. The van der Waals surface area contributed by atoms with Crippen LogP contribution in [0.15, 0.2) is 36.4 Å². The van der Waals surface area contributed by atoms with Crippen molar-refractivity contribution >= 4 is 5.69 Å². The van der Waals surface area contributed by atoms with Crippen LogP contribution in [0.2, 0.25) is 0 Å². The predicted molar refractivity (Wildman–Crippen MR) is 91.8 cm³/mol. The molecule has 112 valence electrons. The van der Waals surface area contributed by atoms with Gasteiger partial charge in [0.2, 0.25) is 0 Å². The lowest BCUT2D eigenvalue weighted by molar-refractivity contribution is 0.402. The van der Waals surface area contributed by atoms with Crippen molar-refractivity contribution in [1.82, 2.24) is 4.90 Å². The topological polar surface area (TPSA) is 15.3 Å². The first kappa shape index (κ1) is 15.6. The highest BCUT2D eigenvalue weighted by Crippen LogP contribution is 2.18. The van der Waals surface area contributed by atoms with Crippen LogP contribution in [0.1, 0.15) is 27.8 Å². The van der Waals surface area contributed by atoms with E-state index >= 15 is 0 Å². The number of nitrogens with zero attached hydrogens (tertiary/aromatic N) is 1. The summed E-state index contributed by atoms with van der Waals surface area (Å²) in [7, 11) is 4.18. The van der Waals surface area contributed by atoms with E-state index in [1.165, 1.54) is 33.5 Å². The standard InChI is InChI=1S/C19H26N2/c1-14-10-15(2)19(16(3)11-14)12-20-18-8-6-17(7-9-18)13-21(4)5/h6-11,20H,12-13H2,1-5H3. The summed E-state index contributed by atoms with van der Waals surface area (Å²) >= 11 is 0. The molecule has 0 spiro atoms. The van der Waals surface area contributed by atoms with Crippen molar-refractivity contribution in [3.8, 4) is 0 Å². The van der Waals surface area contributed by atoms with Crippen LogP contribution in [0.4, 0.5) is 5.69 Å². The molecule has 0 unspecified atom stereocenters. The van der Waals surface area contributed by atoms with Gasteiger partial charge in [0.15, 0.2) is 0 Å². The molecule has 0 fully saturated rings. The lowest BCUT2D eigenvalue weighted by Crippen LogP contribution is -2.10. The summed E-state index contributed by atoms with van der Waals surface area (Å²) in [6.45, 7) is 8.40. The van der Waals surface area contributed by atoms with E-state index in [1.807, 2.05) is 0 Å². The second-order valence-electron chi connectivity index (χ2n) is 6.17. The third kappa shape index (κ3) is 4.33. The van der Waals surface area contributed by atoms with Gasteiger partial charge in [-0.1, -0.05) is 29.8 Å². The zero-order valence-corrected chi connectivity index (χ0v) is 13.8. The summed E-state index contributed by atoms with van der Waals surface area (Å²) in [4.78, 5) is 2.18. The molecule has 2 nitrogen and oxygen atoms in total. The second kappa shape index (κ2) is 6.77. The van der Waals surface area contributed by atoms with Crippen molar-refractivity contribution in [2.75, 3.05) is 19.4 Å². The Hall–Kier alpha value is -1.80. The molecule has 0 aliphatic rings. The third-order valence-electron chi connectivity index (χ3n) is 3.76. The molecular weight excluding hydrogens is 256 g/mol. The first-order valence-electron chi connectivity index (χ1n) is 7.50. The summed E-state index contributed by atoms with van der Waals surface area (Å²) in [6.07, 6.45) is 0. The molecule has 0 saturated carbocycles. The second-order valence-corrected chi connectivity index (χ2v) is 6.17. The molecule has 0 saturated heterocycles. The molecule has 2 aromatic rings. The molecule has 21 heavy (non-hydrogen) atoms. The van der Waals surface area contributed by atoms with E-state index in [4.69, 9.17) is 0 Å². The Morgan fingerprint density at radius 3 is 2.00 bits per heavy atom. The van der Waals surface area contributed by atoms with Gasteiger partial charge in [-0.2, -0.15) is 0 Å². The Bertz CT molecular complexity index is 574. The van der Waals surface area contributed by atoms with Crippen molar-refractivity contribution in [3.63, 3.8) is 0 Å². The lowest BCUT2D eigenvalue weighted by atomic mass is 10.00. The van der Waals surface area contributed by atoms with Gasteiger partial charge < -0.3 is 10.2 Å². The maximum atomic E-state index is 3.53. The van der Waals surface area contributed by atoms with Crippen molar-refractivity contribution in [2.24, 2.45) is 0 Å². The van der Waals surface area contributed by atoms with E-state index in [0.717, 1.165) is 13.1 Å². The average Bonchev–Trinajstić information content (AvgIpc) is 2.38. The summed E-state index contributed by atoms with van der Waals surface area (Å²) in [6, 6.07) is 13.2. The van der Waals surface area contributed by atoms with Gasteiger partial charge in [0.05, 0.1) is 0 Å². The van der Waals surface area contributed by atoms with Gasteiger partial charge in [-0.15, -0.1) is 0 Å². The predicted octanol–water partition coefficient (Wildman–Crippen LogP) is 4.29. The summed E-state index contributed by atoms with van der Waals surface area (Å²) in [5, 5.41) is 3.53. The minimum Gasteiger partial charge on any atom is -0.381 e. The fraction of sp³-hybridized carbons (Fsp3) is 0.368. The SMILES string of the molecule is Cc1cc(C)c(CNc2ccc(CN(C)C)cc2)c(C)c1. The molecule has 0 aromatic heterocycles. The van der Waals surface area contributed by atoms with Gasteiger partial charge in [-0.3, -0.25) is 0 Å². The number of hydrogen-bond acceptors (Lipinski definition) is 2. The van der Waals surface area contributed by atoms with Crippen molar-refractivity contribution in [3.05, 3.63) is 64.2 Å². The first-order chi connectivity index (χ1) is 9.95. The van der Waals surface area contributed by atoms with Gasteiger partial charge in [0.1, 0.15) is 0 Å². The van der Waals surface area contributed by atoms with Gasteiger partial charge in [-0.05, 0) is 69.3 Å². The van der Waals surface area contributed by atoms with Crippen LogP contribution in [-0.2, 0) is 13.1 Å². The van der Waals surface area contributed by atoms with Crippen LogP contribution in [0.3, 0.4) is 0 Å². The Balaban J connectivity index is 2.03. The maximum absolute atomic E-state index is 3.53. The summed E-state index contributed by atoms with van der Waals surface area (Å²) in [5.41, 5.74) is 7.98. The van der Waals surface area contributed by atoms with E-state index < -0.39 is 0 Å². The highest BCUT2D eigenvalue weighted by molar-refractivity contribution is 5.47. The van der Waals surface area contributed by atoms with Gasteiger partial charge in [0, 0.05) is 18.8 Å². The molecule has 0 bridgehead atoms.